The molecule has 0 bridgehead atoms. The van der Waals surface area contributed by atoms with Crippen LogP contribution in [0.2, 0.25) is 0 Å². The van der Waals surface area contributed by atoms with Crippen molar-refractivity contribution in [2.24, 2.45) is 0 Å². The van der Waals surface area contributed by atoms with E-state index in [1.807, 2.05) is 91.0 Å². The zero-order chi connectivity index (χ0) is 37.5. The summed E-state index contributed by atoms with van der Waals surface area (Å²) in [6.07, 6.45) is 0. The summed E-state index contributed by atoms with van der Waals surface area (Å²) < 4.78 is 14.9. The van der Waals surface area contributed by atoms with E-state index in [2.05, 4.69) is 72.8 Å². The van der Waals surface area contributed by atoms with Gasteiger partial charge >= 0.3 is 0 Å². The van der Waals surface area contributed by atoms with E-state index in [1.54, 1.807) is 11.3 Å². The summed E-state index contributed by atoms with van der Waals surface area (Å²) >= 11 is 1.73. The van der Waals surface area contributed by atoms with Crippen LogP contribution < -0.4 is 0 Å². The second-order valence-corrected chi connectivity index (χ2v) is 15.1. The van der Waals surface area contributed by atoms with Gasteiger partial charge in [0.2, 0.25) is 0 Å². The summed E-state index contributed by atoms with van der Waals surface area (Å²) in [6, 6.07) is 55.2. The van der Waals surface area contributed by atoms with Crippen molar-refractivity contribution in [3.8, 4) is 56.8 Å². The van der Waals surface area contributed by atoms with Gasteiger partial charge in [0, 0.05) is 59.4 Å². The smallest absolute Gasteiger partial charge is 0.164 e. The average Bonchev–Trinajstić information content (AvgIpc) is 3.97. The highest BCUT2D eigenvalue weighted by Crippen LogP contribution is 2.42. The van der Waals surface area contributed by atoms with Crippen molar-refractivity contribution < 1.29 is 8.83 Å². The first kappa shape index (κ1) is 31.8. The number of aromatic nitrogens is 5. The minimum Gasteiger partial charge on any atom is -0.456 e. The van der Waals surface area contributed by atoms with Crippen molar-refractivity contribution in [2.45, 2.75) is 0 Å². The van der Waals surface area contributed by atoms with Crippen LogP contribution in [0.5, 0.6) is 0 Å². The van der Waals surface area contributed by atoms with Crippen molar-refractivity contribution in [1.29, 1.82) is 0 Å². The number of para-hydroxylation sites is 1. The number of hydrogen-bond acceptors (Lipinski definition) is 8. The molecule has 12 aromatic rings. The Labute approximate surface area is 328 Å². The predicted octanol–water partition coefficient (Wildman–Crippen LogP) is 13.2. The fourth-order valence-corrected chi connectivity index (χ4v) is 9.02. The molecule has 0 unspecified atom stereocenters. The SMILES string of the molecule is c1ccc(-c2nc(-c3ccc4oc5ccccc5c4c3)nc(-c3cccc4oc5ccc(-c6nc(-c7ccccc7)c7sc8ccccc8c7n6)cc5c34)n2)cc1. The van der Waals surface area contributed by atoms with Crippen LogP contribution in [0.4, 0.5) is 0 Å². The van der Waals surface area contributed by atoms with Gasteiger partial charge in [0.25, 0.3) is 0 Å². The van der Waals surface area contributed by atoms with Gasteiger partial charge < -0.3 is 8.83 Å². The van der Waals surface area contributed by atoms with Crippen LogP contribution in [-0.4, -0.2) is 24.9 Å². The Morgan fingerprint density at radius 1 is 0.368 bits per heavy atom. The van der Waals surface area contributed by atoms with Gasteiger partial charge in [0.1, 0.15) is 22.3 Å². The van der Waals surface area contributed by atoms with Crippen molar-refractivity contribution in [3.05, 3.63) is 164 Å². The molecule has 7 nitrogen and oxygen atoms in total. The largest absolute Gasteiger partial charge is 0.456 e. The molecule has 266 valence electrons. The number of thiophene rings is 1. The molecular weight excluding hydrogens is 723 g/mol. The standard InChI is InChI=1S/C49H27N5O2S/c1-3-12-28(13-4-1)43-45-44(33-17-8-10-21-41(33)57-45)51-47(50-43)31-23-25-39-36(27-31)42-34(18-11-20-40(42)56-39)49-53-46(29-14-5-2-6-15-29)52-48(54-49)30-22-24-38-35(26-30)32-16-7-9-19-37(32)55-38/h1-27H. The number of hydrogen-bond donors (Lipinski definition) is 0. The van der Waals surface area contributed by atoms with Gasteiger partial charge in [-0.05, 0) is 54.6 Å². The van der Waals surface area contributed by atoms with Crippen molar-refractivity contribution in [1.82, 2.24) is 24.9 Å². The van der Waals surface area contributed by atoms with Crippen molar-refractivity contribution >= 4 is 75.5 Å². The molecule has 0 amide bonds. The Morgan fingerprint density at radius 2 is 0.947 bits per heavy atom. The molecule has 0 aliphatic carbocycles. The van der Waals surface area contributed by atoms with Crippen LogP contribution in [0.1, 0.15) is 0 Å². The fourth-order valence-electron chi connectivity index (χ4n) is 7.87. The Morgan fingerprint density at radius 3 is 1.75 bits per heavy atom. The van der Waals surface area contributed by atoms with E-state index in [0.717, 1.165) is 93.0 Å². The van der Waals surface area contributed by atoms with Gasteiger partial charge in [0.15, 0.2) is 23.3 Å². The first-order valence-electron chi connectivity index (χ1n) is 18.7. The molecule has 5 heterocycles. The fraction of sp³-hybridized carbons (Fsp3) is 0. The molecule has 0 radical (unpaired) electrons. The topological polar surface area (TPSA) is 90.7 Å². The normalized spacial score (nSPS) is 11.9. The Hall–Kier alpha value is -7.55. The lowest BCUT2D eigenvalue weighted by molar-refractivity contribution is 0.668. The highest BCUT2D eigenvalue weighted by Gasteiger charge is 2.21. The lowest BCUT2D eigenvalue weighted by Crippen LogP contribution is -2.00. The third-order valence-corrected chi connectivity index (χ3v) is 11.7. The molecule has 0 spiro atoms. The van der Waals surface area contributed by atoms with E-state index in [4.69, 9.17) is 33.8 Å². The molecule has 0 fully saturated rings. The number of fused-ring (bicyclic) bond motifs is 9. The summed E-state index contributed by atoms with van der Waals surface area (Å²) in [7, 11) is 0. The molecular formula is C49H27N5O2S. The molecule has 8 heteroatoms. The maximum absolute atomic E-state index is 6.50. The zero-order valence-corrected chi connectivity index (χ0v) is 30.9. The summed E-state index contributed by atoms with van der Waals surface area (Å²) in [5.41, 5.74) is 9.54. The number of nitrogens with zero attached hydrogens (tertiary/aromatic N) is 5. The molecule has 0 atom stereocenters. The summed E-state index contributed by atoms with van der Waals surface area (Å²) in [6.45, 7) is 0. The van der Waals surface area contributed by atoms with E-state index in [1.165, 1.54) is 4.70 Å². The molecule has 7 aromatic carbocycles. The zero-order valence-electron chi connectivity index (χ0n) is 30.0. The minimum atomic E-state index is 0.545. The van der Waals surface area contributed by atoms with Crippen molar-refractivity contribution in [3.63, 3.8) is 0 Å². The van der Waals surface area contributed by atoms with Gasteiger partial charge in [-0.2, -0.15) is 0 Å². The Bertz CT molecular complexity index is 3540. The highest BCUT2D eigenvalue weighted by molar-refractivity contribution is 7.26. The van der Waals surface area contributed by atoms with Crippen LogP contribution in [0.25, 0.3) is 121 Å². The number of furan rings is 2. The third-order valence-electron chi connectivity index (χ3n) is 10.6. The van der Waals surface area contributed by atoms with E-state index in [0.29, 0.717) is 23.3 Å². The third kappa shape index (κ3) is 5.15. The second-order valence-electron chi connectivity index (χ2n) is 14.0. The molecule has 0 aliphatic rings. The van der Waals surface area contributed by atoms with E-state index in [9.17, 15) is 0 Å². The molecule has 57 heavy (non-hydrogen) atoms. The predicted molar refractivity (Wildman–Crippen MR) is 230 cm³/mol. The van der Waals surface area contributed by atoms with E-state index >= 15 is 0 Å². The molecule has 0 saturated heterocycles. The number of rotatable bonds is 5. The van der Waals surface area contributed by atoms with Gasteiger partial charge in [0.05, 0.1) is 15.9 Å². The molecule has 0 N–H and O–H groups in total. The van der Waals surface area contributed by atoms with Crippen LogP contribution in [0.3, 0.4) is 0 Å². The Kier molecular flexibility index (Phi) is 6.96. The van der Waals surface area contributed by atoms with Crippen LogP contribution >= 0.6 is 11.3 Å². The second kappa shape index (κ2) is 12.5. The Balaban J connectivity index is 1.07. The molecule has 0 saturated carbocycles. The lowest BCUT2D eigenvalue weighted by atomic mass is 10.0. The van der Waals surface area contributed by atoms with Gasteiger partial charge in [-0.25, -0.2) is 24.9 Å². The average molecular weight is 750 g/mol. The number of benzene rings is 7. The summed E-state index contributed by atoms with van der Waals surface area (Å²) in [5.74, 6) is 2.34. The highest BCUT2D eigenvalue weighted by atomic mass is 32.1. The van der Waals surface area contributed by atoms with Crippen LogP contribution in [0.15, 0.2) is 173 Å². The first-order chi connectivity index (χ1) is 28.2. The van der Waals surface area contributed by atoms with Crippen LogP contribution in [-0.2, 0) is 0 Å². The van der Waals surface area contributed by atoms with Gasteiger partial charge in [-0.3, -0.25) is 0 Å². The van der Waals surface area contributed by atoms with Gasteiger partial charge in [-0.15, -0.1) is 11.3 Å². The van der Waals surface area contributed by atoms with Crippen molar-refractivity contribution in [2.75, 3.05) is 0 Å². The molecule has 0 aliphatic heterocycles. The van der Waals surface area contributed by atoms with Gasteiger partial charge in [-0.1, -0.05) is 109 Å². The van der Waals surface area contributed by atoms with E-state index < -0.39 is 0 Å². The molecule has 5 aromatic heterocycles. The summed E-state index contributed by atoms with van der Waals surface area (Å²) in [4.78, 5) is 25.8. The maximum Gasteiger partial charge on any atom is 0.164 e. The van der Waals surface area contributed by atoms with E-state index in [-0.39, 0.29) is 0 Å². The summed E-state index contributed by atoms with van der Waals surface area (Å²) in [5, 5.41) is 5.01. The quantitative estimate of drug-likeness (QED) is 0.173. The molecule has 12 rings (SSSR count). The lowest BCUT2D eigenvalue weighted by Gasteiger charge is -2.10. The maximum atomic E-state index is 6.50. The minimum absolute atomic E-state index is 0.545. The first-order valence-corrected chi connectivity index (χ1v) is 19.5. The monoisotopic (exact) mass is 749 g/mol. The van der Waals surface area contributed by atoms with Crippen LogP contribution in [0, 0.1) is 0 Å².